The third kappa shape index (κ3) is 4.82. The zero-order valence-electron chi connectivity index (χ0n) is 16.5. The van der Waals surface area contributed by atoms with E-state index in [1.807, 2.05) is 13.0 Å². The van der Waals surface area contributed by atoms with Gasteiger partial charge in [0.05, 0.1) is 18.7 Å². The molecule has 2 amide bonds. The maximum absolute atomic E-state index is 12.5. The van der Waals surface area contributed by atoms with E-state index in [1.54, 1.807) is 23.1 Å². The predicted molar refractivity (Wildman–Crippen MR) is 110 cm³/mol. The Morgan fingerprint density at radius 2 is 1.79 bits per heavy atom. The Bertz CT molecular complexity index is 829. The number of carbonyl (C=O) groups is 2. The third-order valence-corrected chi connectivity index (χ3v) is 4.83. The molecule has 28 heavy (non-hydrogen) atoms. The number of benzene rings is 2. The molecule has 2 aromatic carbocycles. The Labute approximate surface area is 166 Å². The number of rotatable bonds is 6. The Hall–Kier alpha value is -3.02. The second kappa shape index (κ2) is 9.26. The average Bonchev–Trinajstić information content (AvgIpc) is 2.72. The first kappa shape index (κ1) is 19.7. The van der Waals surface area contributed by atoms with Crippen molar-refractivity contribution in [3.8, 4) is 5.75 Å². The van der Waals surface area contributed by atoms with Crippen LogP contribution in [0.15, 0.2) is 48.5 Å². The van der Waals surface area contributed by atoms with Crippen LogP contribution in [-0.4, -0.2) is 56.0 Å². The van der Waals surface area contributed by atoms with Crippen LogP contribution in [0.1, 0.15) is 22.8 Å². The summed E-state index contributed by atoms with van der Waals surface area (Å²) >= 11 is 0. The molecule has 148 valence electrons. The lowest BCUT2D eigenvalue weighted by Crippen LogP contribution is -2.51. The van der Waals surface area contributed by atoms with E-state index in [9.17, 15) is 9.59 Å². The van der Waals surface area contributed by atoms with Crippen molar-refractivity contribution in [3.63, 3.8) is 0 Å². The number of aryl methyl sites for hydroxylation is 1. The molecular weight excluding hydrogens is 354 g/mol. The lowest BCUT2D eigenvalue weighted by Gasteiger charge is -2.36. The van der Waals surface area contributed by atoms with Crippen LogP contribution in [0, 0.1) is 6.92 Å². The van der Waals surface area contributed by atoms with Gasteiger partial charge in [-0.1, -0.05) is 24.3 Å². The molecule has 0 unspecified atom stereocenters. The first-order valence-corrected chi connectivity index (χ1v) is 9.68. The van der Waals surface area contributed by atoms with Crippen LogP contribution in [0.25, 0.3) is 0 Å². The number of piperazine rings is 1. The molecule has 1 aliphatic heterocycles. The molecule has 0 spiro atoms. The van der Waals surface area contributed by atoms with E-state index in [4.69, 9.17) is 4.74 Å². The highest BCUT2D eigenvalue weighted by Crippen LogP contribution is 2.19. The van der Waals surface area contributed by atoms with Gasteiger partial charge in [-0.25, -0.2) is 0 Å². The van der Waals surface area contributed by atoms with Gasteiger partial charge in [-0.05, 0) is 43.7 Å². The van der Waals surface area contributed by atoms with E-state index in [-0.39, 0.29) is 18.4 Å². The minimum absolute atomic E-state index is 0.0102. The number of ether oxygens (including phenoxy) is 1. The molecule has 0 bridgehead atoms. The number of carbonyl (C=O) groups excluding carboxylic acids is 2. The molecule has 0 atom stereocenters. The highest BCUT2D eigenvalue weighted by Gasteiger charge is 2.22. The highest BCUT2D eigenvalue weighted by atomic mass is 16.5. The molecule has 3 rings (SSSR count). The molecule has 0 aromatic heterocycles. The maximum atomic E-state index is 12.5. The van der Waals surface area contributed by atoms with Gasteiger partial charge < -0.3 is 19.9 Å². The topological polar surface area (TPSA) is 61.9 Å². The molecule has 1 saturated heterocycles. The summed E-state index contributed by atoms with van der Waals surface area (Å²) in [5.41, 5.74) is 2.86. The molecular formula is C22H27N3O3. The van der Waals surface area contributed by atoms with Crippen LogP contribution >= 0.6 is 0 Å². The number of hydrogen-bond donors (Lipinski definition) is 1. The van der Waals surface area contributed by atoms with Crippen LogP contribution in [-0.2, 0) is 4.79 Å². The quantitative estimate of drug-likeness (QED) is 0.835. The summed E-state index contributed by atoms with van der Waals surface area (Å²) in [6.45, 7) is 7.30. The lowest BCUT2D eigenvalue weighted by molar-refractivity contribution is -0.130. The van der Waals surface area contributed by atoms with Gasteiger partial charge in [0.25, 0.3) is 5.91 Å². The summed E-state index contributed by atoms with van der Waals surface area (Å²) in [5.74, 6) is 0.170. The minimum Gasteiger partial charge on any atom is -0.493 e. The van der Waals surface area contributed by atoms with E-state index < -0.39 is 0 Å². The monoisotopic (exact) mass is 381 g/mol. The van der Waals surface area contributed by atoms with E-state index in [1.165, 1.54) is 11.3 Å². The van der Waals surface area contributed by atoms with Crippen molar-refractivity contribution in [3.05, 3.63) is 59.7 Å². The summed E-state index contributed by atoms with van der Waals surface area (Å²) < 4.78 is 5.48. The minimum atomic E-state index is -0.296. The highest BCUT2D eigenvalue weighted by molar-refractivity contribution is 5.98. The molecule has 2 aromatic rings. The summed E-state index contributed by atoms with van der Waals surface area (Å²) in [4.78, 5) is 29.0. The van der Waals surface area contributed by atoms with Crippen LogP contribution in [0.2, 0.25) is 0 Å². The molecule has 0 radical (unpaired) electrons. The summed E-state index contributed by atoms with van der Waals surface area (Å²) in [7, 11) is 0. The number of amides is 2. The number of hydrogen-bond acceptors (Lipinski definition) is 4. The van der Waals surface area contributed by atoms with Crippen molar-refractivity contribution >= 4 is 17.5 Å². The van der Waals surface area contributed by atoms with Crippen molar-refractivity contribution < 1.29 is 14.3 Å². The van der Waals surface area contributed by atoms with E-state index in [2.05, 4.69) is 41.4 Å². The first-order valence-electron chi connectivity index (χ1n) is 9.68. The molecule has 1 heterocycles. The molecule has 0 aliphatic carbocycles. The lowest BCUT2D eigenvalue weighted by atomic mass is 10.2. The molecule has 6 nitrogen and oxygen atoms in total. The molecule has 6 heteroatoms. The van der Waals surface area contributed by atoms with Gasteiger partial charge in [0, 0.05) is 31.9 Å². The normalized spacial score (nSPS) is 13.9. The van der Waals surface area contributed by atoms with Gasteiger partial charge >= 0.3 is 0 Å². The SMILES string of the molecule is CCOc1ccccc1C(=O)NCC(=O)N1CCN(c2cccc(C)c2)CC1. The van der Waals surface area contributed by atoms with Gasteiger partial charge in [-0.3, -0.25) is 9.59 Å². The van der Waals surface area contributed by atoms with Crippen molar-refractivity contribution in [2.24, 2.45) is 0 Å². The van der Waals surface area contributed by atoms with Crippen molar-refractivity contribution in [2.45, 2.75) is 13.8 Å². The van der Waals surface area contributed by atoms with Gasteiger partial charge in [0.1, 0.15) is 5.75 Å². The Morgan fingerprint density at radius 3 is 2.50 bits per heavy atom. The second-order valence-electron chi connectivity index (χ2n) is 6.82. The van der Waals surface area contributed by atoms with Gasteiger partial charge in [-0.2, -0.15) is 0 Å². The number of nitrogens with zero attached hydrogens (tertiary/aromatic N) is 2. The van der Waals surface area contributed by atoms with E-state index in [0.29, 0.717) is 31.0 Å². The first-order chi connectivity index (χ1) is 13.6. The average molecular weight is 381 g/mol. The fourth-order valence-corrected chi connectivity index (χ4v) is 3.34. The smallest absolute Gasteiger partial charge is 0.255 e. The molecule has 1 aliphatic rings. The molecule has 0 saturated carbocycles. The molecule has 1 fully saturated rings. The number of para-hydroxylation sites is 1. The maximum Gasteiger partial charge on any atom is 0.255 e. The summed E-state index contributed by atoms with van der Waals surface area (Å²) in [6, 6.07) is 15.4. The number of anilines is 1. The van der Waals surface area contributed by atoms with Crippen LogP contribution in [0.3, 0.4) is 0 Å². The largest absolute Gasteiger partial charge is 0.493 e. The fraction of sp³-hybridized carbons (Fsp3) is 0.364. The zero-order chi connectivity index (χ0) is 19.9. The van der Waals surface area contributed by atoms with E-state index in [0.717, 1.165) is 13.1 Å². The Balaban J connectivity index is 1.50. The Morgan fingerprint density at radius 1 is 1.04 bits per heavy atom. The zero-order valence-corrected chi connectivity index (χ0v) is 16.5. The molecule has 1 N–H and O–H groups in total. The van der Waals surface area contributed by atoms with Gasteiger partial charge in [0.15, 0.2) is 0 Å². The standard InChI is InChI=1S/C22H27N3O3/c1-3-28-20-10-5-4-9-19(20)22(27)23-16-21(26)25-13-11-24(12-14-25)18-8-6-7-17(2)15-18/h4-10,15H,3,11-14,16H2,1-2H3,(H,23,27). The van der Waals surface area contributed by atoms with Gasteiger partial charge in [0.2, 0.25) is 5.91 Å². The van der Waals surface area contributed by atoms with Crippen LogP contribution in [0.4, 0.5) is 5.69 Å². The van der Waals surface area contributed by atoms with Crippen molar-refractivity contribution in [2.75, 3.05) is 44.2 Å². The van der Waals surface area contributed by atoms with Crippen molar-refractivity contribution in [1.82, 2.24) is 10.2 Å². The summed E-state index contributed by atoms with van der Waals surface area (Å²) in [5, 5.41) is 2.72. The van der Waals surface area contributed by atoms with Crippen LogP contribution < -0.4 is 15.0 Å². The Kier molecular flexibility index (Phi) is 6.53. The summed E-state index contributed by atoms with van der Waals surface area (Å²) in [6.07, 6.45) is 0. The van der Waals surface area contributed by atoms with E-state index >= 15 is 0 Å². The van der Waals surface area contributed by atoms with Crippen LogP contribution in [0.5, 0.6) is 5.75 Å². The van der Waals surface area contributed by atoms with Gasteiger partial charge in [-0.15, -0.1) is 0 Å². The number of nitrogens with one attached hydrogen (secondary N) is 1. The van der Waals surface area contributed by atoms with Crippen molar-refractivity contribution in [1.29, 1.82) is 0 Å². The fourth-order valence-electron chi connectivity index (χ4n) is 3.34. The second-order valence-corrected chi connectivity index (χ2v) is 6.82. The third-order valence-electron chi connectivity index (χ3n) is 4.83. The predicted octanol–water partition coefficient (Wildman–Crippen LogP) is 2.47.